The fourth-order valence-corrected chi connectivity index (χ4v) is 4.44. The van der Waals surface area contributed by atoms with Gasteiger partial charge >= 0.3 is 0 Å². The fraction of sp³-hybridized carbons (Fsp3) is 0.208. The molecule has 1 unspecified atom stereocenters. The van der Waals surface area contributed by atoms with Crippen LogP contribution in [-0.4, -0.2) is 20.4 Å². The monoisotopic (exact) mass is 440 g/mol. The first-order valence-electron chi connectivity index (χ1n) is 9.96. The molecular formula is C24H25FN2O3S. The van der Waals surface area contributed by atoms with Crippen LogP contribution in [0.4, 0.5) is 4.39 Å². The summed E-state index contributed by atoms with van der Waals surface area (Å²) in [5.74, 6) is -0.966. The van der Waals surface area contributed by atoms with Crippen molar-refractivity contribution in [2.75, 3.05) is 0 Å². The fourth-order valence-electron chi connectivity index (χ4n) is 3.09. The van der Waals surface area contributed by atoms with Gasteiger partial charge in [0, 0.05) is 6.54 Å². The molecule has 0 spiro atoms. The summed E-state index contributed by atoms with van der Waals surface area (Å²) >= 11 is 0. The Hall–Kier alpha value is -3.03. The minimum atomic E-state index is -3.91. The molecule has 0 aromatic heterocycles. The molecule has 0 fully saturated rings. The molecule has 5 nitrogen and oxygen atoms in total. The molecule has 7 heteroatoms. The second kappa shape index (κ2) is 9.85. The predicted molar refractivity (Wildman–Crippen MR) is 119 cm³/mol. The van der Waals surface area contributed by atoms with Crippen molar-refractivity contribution in [1.29, 1.82) is 0 Å². The number of hydrogen-bond acceptors (Lipinski definition) is 3. The van der Waals surface area contributed by atoms with Gasteiger partial charge in [0.1, 0.15) is 11.9 Å². The Balaban J connectivity index is 1.71. The zero-order chi connectivity index (χ0) is 22.4. The zero-order valence-corrected chi connectivity index (χ0v) is 18.2. The third-order valence-electron chi connectivity index (χ3n) is 4.88. The quantitative estimate of drug-likeness (QED) is 0.554. The lowest BCUT2D eigenvalue weighted by Gasteiger charge is -2.22. The van der Waals surface area contributed by atoms with Gasteiger partial charge in [-0.1, -0.05) is 68.4 Å². The third-order valence-corrected chi connectivity index (χ3v) is 6.34. The standard InChI is InChI=1S/C24H25FN2O3S/c1-17(2)23(24(28)26-16-18-6-4-3-5-7-18)27-31(29,30)22-14-10-20(11-15-22)19-8-12-21(25)13-9-19/h3-15,17,23,27H,16H2,1-2H3,(H,26,28). The number of carbonyl (C=O) groups is 1. The number of halogens is 1. The van der Waals surface area contributed by atoms with Gasteiger partial charge in [-0.05, 0) is 46.9 Å². The molecular weight excluding hydrogens is 415 g/mol. The van der Waals surface area contributed by atoms with Crippen molar-refractivity contribution in [3.63, 3.8) is 0 Å². The van der Waals surface area contributed by atoms with E-state index in [0.29, 0.717) is 6.54 Å². The molecule has 31 heavy (non-hydrogen) atoms. The predicted octanol–water partition coefficient (Wildman–Crippen LogP) is 4.11. The molecule has 0 heterocycles. The molecule has 0 aliphatic heterocycles. The second-order valence-electron chi connectivity index (χ2n) is 7.58. The highest BCUT2D eigenvalue weighted by Crippen LogP contribution is 2.22. The molecule has 1 atom stereocenters. The van der Waals surface area contributed by atoms with E-state index in [1.807, 2.05) is 30.3 Å². The van der Waals surface area contributed by atoms with E-state index >= 15 is 0 Å². The molecule has 3 aromatic rings. The Morgan fingerprint density at radius 3 is 1.97 bits per heavy atom. The van der Waals surface area contributed by atoms with Crippen molar-refractivity contribution >= 4 is 15.9 Å². The van der Waals surface area contributed by atoms with Gasteiger partial charge in [-0.2, -0.15) is 4.72 Å². The topological polar surface area (TPSA) is 75.3 Å². The molecule has 0 saturated heterocycles. The van der Waals surface area contributed by atoms with E-state index in [1.165, 1.54) is 24.3 Å². The molecule has 0 aliphatic rings. The highest BCUT2D eigenvalue weighted by Gasteiger charge is 2.28. The lowest BCUT2D eigenvalue weighted by atomic mass is 10.0. The van der Waals surface area contributed by atoms with E-state index in [-0.39, 0.29) is 22.5 Å². The number of rotatable bonds is 8. The largest absolute Gasteiger partial charge is 0.351 e. The maximum atomic E-state index is 13.1. The second-order valence-corrected chi connectivity index (χ2v) is 9.29. The summed E-state index contributed by atoms with van der Waals surface area (Å²) < 4.78 is 41.4. The van der Waals surface area contributed by atoms with Crippen LogP contribution in [0, 0.1) is 11.7 Å². The smallest absolute Gasteiger partial charge is 0.241 e. The Morgan fingerprint density at radius 2 is 1.42 bits per heavy atom. The van der Waals surface area contributed by atoms with Gasteiger partial charge in [-0.3, -0.25) is 4.79 Å². The van der Waals surface area contributed by atoms with Gasteiger partial charge in [-0.15, -0.1) is 0 Å². The average molecular weight is 441 g/mol. The maximum Gasteiger partial charge on any atom is 0.241 e. The molecule has 1 amide bonds. The first kappa shape index (κ1) is 22.7. The van der Waals surface area contributed by atoms with Crippen LogP contribution in [0.3, 0.4) is 0 Å². The van der Waals surface area contributed by atoms with E-state index in [1.54, 1.807) is 38.1 Å². The molecule has 0 radical (unpaired) electrons. The number of carbonyl (C=O) groups excluding carboxylic acids is 1. The van der Waals surface area contributed by atoms with Crippen molar-refractivity contribution in [3.05, 3.63) is 90.2 Å². The molecule has 2 N–H and O–H groups in total. The number of amides is 1. The summed E-state index contributed by atoms with van der Waals surface area (Å²) in [6.07, 6.45) is 0. The molecule has 3 rings (SSSR count). The van der Waals surface area contributed by atoms with E-state index in [2.05, 4.69) is 10.0 Å². The number of benzene rings is 3. The SMILES string of the molecule is CC(C)C(NS(=O)(=O)c1ccc(-c2ccc(F)cc2)cc1)C(=O)NCc1ccccc1. The number of nitrogens with one attached hydrogen (secondary N) is 2. The van der Waals surface area contributed by atoms with Crippen molar-refractivity contribution < 1.29 is 17.6 Å². The lowest BCUT2D eigenvalue weighted by Crippen LogP contribution is -2.49. The van der Waals surface area contributed by atoms with Crippen LogP contribution >= 0.6 is 0 Å². The first-order chi connectivity index (χ1) is 14.8. The van der Waals surface area contributed by atoms with Crippen LogP contribution in [0.1, 0.15) is 19.4 Å². The summed E-state index contributed by atoms with van der Waals surface area (Å²) in [5.41, 5.74) is 2.47. The van der Waals surface area contributed by atoms with Crippen molar-refractivity contribution in [2.45, 2.75) is 31.3 Å². The van der Waals surface area contributed by atoms with Gasteiger partial charge in [-0.25, -0.2) is 12.8 Å². The Labute approximate surface area is 182 Å². The minimum Gasteiger partial charge on any atom is -0.351 e. The van der Waals surface area contributed by atoms with Gasteiger partial charge in [0.05, 0.1) is 4.90 Å². The van der Waals surface area contributed by atoms with Gasteiger partial charge < -0.3 is 5.32 Å². The Kier molecular flexibility index (Phi) is 7.20. The van der Waals surface area contributed by atoms with Gasteiger partial charge in [0.15, 0.2) is 0 Å². The van der Waals surface area contributed by atoms with Crippen molar-refractivity contribution in [2.24, 2.45) is 5.92 Å². The van der Waals surface area contributed by atoms with Crippen molar-refractivity contribution in [1.82, 2.24) is 10.0 Å². The highest BCUT2D eigenvalue weighted by molar-refractivity contribution is 7.89. The Bertz CT molecular complexity index is 1110. The van der Waals surface area contributed by atoms with Gasteiger partial charge in [0.2, 0.25) is 15.9 Å². The average Bonchev–Trinajstić information content (AvgIpc) is 2.77. The van der Waals surface area contributed by atoms with E-state index in [4.69, 9.17) is 0 Å². The third kappa shape index (κ3) is 5.99. The van der Waals surface area contributed by atoms with Gasteiger partial charge in [0.25, 0.3) is 0 Å². The molecule has 0 saturated carbocycles. The highest BCUT2D eigenvalue weighted by atomic mass is 32.2. The van der Waals surface area contributed by atoms with E-state index < -0.39 is 16.1 Å². The Morgan fingerprint density at radius 1 is 0.871 bits per heavy atom. The number of hydrogen-bond donors (Lipinski definition) is 2. The summed E-state index contributed by atoms with van der Waals surface area (Å²) in [6, 6.07) is 20.7. The van der Waals surface area contributed by atoms with E-state index in [0.717, 1.165) is 16.7 Å². The summed E-state index contributed by atoms with van der Waals surface area (Å²) in [6.45, 7) is 3.89. The van der Waals surface area contributed by atoms with Crippen LogP contribution in [0.15, 0.2) is 83.8 Å². The summed E-state index contributed by atoms with van der Waals surface area (Å²) in [5, 5.41) is 2.79. The molecule has 0 bridgehead atoms. The van der Waals surface area contributed by atoms with E-state index in [9.17, 15) is 17.6 Å². The summed E-state index contributed by atoms with van der Waals surface area (Å²) in [4.78, 5) is 12.7. The van der Waals surface area contributed by atoms with Crippen LogP contribution in [0.25, 0.3) is 11.1 Å². The summed E-state index contributed by atoms with van der Waals surface area (Å²) in [7, 11) is -3.91. The van der Waals surface area contributed by atoms with Crippen LogP contribution in [0.2, 0.25) is 0 Å². The maximum absolute atomic E-state index is 13.1. The minimum absolute atomic E-state index is 0.0554. The zero-order valence-electron chi connectivity index (χ0n) is 17.4. The normalized spacial score (nSPS) is 12.5. The first-order valence-corrected chi connectivity index (χ1v) is 11.4. The van der Waals surface area contributed by atoms with Crippen LogP contribution in [0.5, 0.6) is 0 Å². The van der Waals surface area contributed by atoms with Crippen LogP contribution < -0.4 is 10.0 Å². The lowest BCUT2D eigenvalue weighted by molar-refractivity contribution is -0.123. The van der Waals surface area contributed by atoms with Crippen LogP contribution in [-0.2, 0) is 21.4 Å². The molecule has 3 aromatic carbocycles. The molecule has 162 valence electrons. The molecule has 0 aliphatic carbocycles. The van der Waals surface area contributed by atoms with Crippen molar-refractivity contribution in [3.8, 4) is 11.1 Å². The number of sulfonamides is 1.